The van der Waals surface area contributed by atoms with Crippen molar-refractivity contribution < 1.29 is 4.79 Å². The van der Waals surface area contributed by atoms with Crippen molar-refractivity contribution >= 4 is 27.5 Å². The van der Waals surface area contributed by atoms with Crippen molar-refractivity contribution in [1.82, 2.24) is 14.9 Å². The molecule has 0 aliphatic heterocycles. The highest BCUT2D eigenvalue weighted by Gasteiger charge is 2.53. The van der Waals surface area contributed by atoms with Crippen LogP contribution in [-0.2, 0) is 11.3 Å². The van der Waals surface area contributed by atoms with Gasteiger partial charge in [0.15, 0.2) is 0 Å². The number of nitrogens with one attached hydrogen (secondary N) is 1. The first-order valence-corrected chi connectivity index (χ1v) is 11.9. The summed E-state index contributed by atoms with van der Waals surface area (Å²) in [4.78, 5) is 31.9. The number of hydrogen-bond donors (Lipinski definition) is 1. The number of rotatable bonds is 5. The Morgan fingerprint density at radius 3 is 2.48 bits per heavy atom. The topological polar surface area (TPSA) is 64.0 Å². The summed E-state index contributed by atoms with van der Waals surface area (Å²) >= 11 is 1.56. The Morgan fingerprint density at radius 2 is 1.86 bits per heavy atom. The molecule has 0 aromatic carbocycles. The van der Waals surface area contributed by atoms with E-state index in [1.807, 2.05) is 13.8 Å². The Labute approximate surface area is 175 Å². The highest BCUT2D eigenvalue weighted by atomic mass is 32.1. The summed E-state index contributed by atoms with van der Waals surface area (Å²) in [5.74, 6) is 2.70. The van der Waals surface area contributed by atoms with Gasteiger partial charge in [-0.25, -0.2) is 4.98 Å². The van der Waals surface area contributed by atoms with Crippen LogP contribution in [0.5, 0.6) is 0 Å². The first-order chi connectivity index (χ1) is 13.8. The first-order valence-electron chi connectivity index (χ1n) is 11.1. The van der Waals surface area contributed by atoms with E-state index in [0.29, 0.717) is 23.8 Å². The number of fused-ring (bicyclic) bond motifs is 1. The highest BCUT2D eigenvalue weighted by molar-refractivity contribution is 7.18. The fraction of sp³-hybridized carbons (Fsp3) is 0.696. The van der Waals surface area contributed by atoms with Gasteiger partial charge < -0.3 is 5.32 Å². The third kappa shape index (κ3) is 3.24. The molecule has 29 heavy (non-hydrogen) atoms. The monoisotopic (exact) mass is 413 g/mol. The number of nitrogens with zero attached hydrogens (tertiary/aromatic N) is 2. The first kappa shape index (κ1) is 19.3. The fourth-order valence-electron chi connectivity index (χ4n) is 6.83. The molecule has 5 nitrogen and oxygen atoms in total. The molecule has 1 N–H and O–H groups in total. The van der Waals surface area contributed by atoms with Gasteiger partial charge in [0.2, 0.25) is 5.91 Å². The molecule has 4 fully saturated rings. The van der Waals surface area contributed by atoms with Gasteiger partial charge >= 0.3 is 0 Å². The minimum absolute atomic E-state index is 0.0289. The average molecular weight is 414 g/mol. The number of carbonyl (C=O) groups excluding carboxylic acids is 1. The van der Waals surface area contributed by atoms with Crippen molar-refractivity contribution in [2.24, 2.45) is 23.2 Å². The summed E-state index contributed by atoms with van der Waals surface area (Å²) in [6, 6.07) is 0.225. The van der Waals surface area contributed by atoms with Gasteiger partial charge in [-0.1, -0.05) is 0 Å². The van der Waals surface area contributed by atoms with Crippen molar-refractivity contribution in [3.8, 4) is 0 Å². The van der Waals surface area contributed by atoms with Gasteiger partial charge in [-0.3, -0.25) is 14.2 Å². The Kier molecular flexibility index (Phi) is 4.61. The lowest BCUT2D eigenvalue weighted by atomic mass is 9.48. The van der Waals surface area contributed by atoms with Gasteiger partial charge in [0.25, 0.3) is 5.56 Å². The Bertz CT molecular complexity index is 986. The summed E-state index contributed by atoms with van der Waals surface area (Å²) in [5.41, 5.74) is 1.29. The minimum Gasteiger partial charge on any atom is -0.353 e. The fourth-order valence-corrected chi connectivity index (χ4v) is 7.81. The third-order valence-electron chi connectivity index (χ3n) is 8.12. The normalized spacial score (nSPS) is 31.3. The van der Waals surface area contributed by atoms with Gasteiger partial charge in [-0.2, -0.15) is 0 Å². The molecular formula is C23H31N3O2S. The number of thiophene rings is 1. The maximum atomic E-state index is 12.8. The second-order valence-corrected chi connectivity index (χ2v) is 11.2. The Hall–Kier alpha value is -1.69. The van der Waals surface area contributed by atoms with Gasteiger partial charge in [0.1, 0.15) is 4.83 Å². The van der Waals surface area contributed by atoms with Crippen molar-refractivity contribution in [3.05, 3.63) is 27.1 Å². The molecule has 4 aliphatic carbocycles. The van der Waals surface area contributed by atoms with Crippen LogP contribution >= 0.6 is 11.3 Å². The van der Waals surface area contributed by atoms with Crippen molar-refractivity contribution in [2.75, 3.05) is 0 Å². The van der Waals surface area contributed by atoms with Crippen LogP contribution in [0, 0.1) is 37.0 Å². The summed E-state index contributed by atoms with van der Waals surface area (Å²) in [7, 11) is 0. The van der Waals surface area contributed by atoms with E-state index in [0.717, 1.165) is 33.0 Å². The molecule has 0 saturated heterocycles. The van der Waals surface area contributed by atoms with Crippen molar-refractivity contribution in [1.29, 1.82) is 0 Å². The standard InChI is InChI=1S/C23H31N3O2S/c1-13-14(2)29-21-20(13)22(28)26(12-24-21)5-4-19(27)25-15(3)23-9-16-6-17(10-23)8-18(7-16)11-23/h12,15-18H,4-11H2,1-3H3,(H,25,27). The molecule has 0 radical (unpaired) electrons. The van der Waals surface area contributed by atoms with Gasteiger partial charge in [0.05, 0.1) is 11.7 Å². The van der Waals surface area contributed by atoms with Crippen LogP contribution in [-0.4, -0.2) is 21.5 Å². The third-order valence-corrected chi connectivity index (χ3v) is 9.23. The predicted octanol–water partition coefficient (Wildman–Crippen LogP) is 4.19. The number of amides is 1. The lowest BCUT2D eigenvalue weighted by Crippen LogP contribution is -2.55. The quantitative estimate of drug-likeness (QED) is 0.799. The molecule has 4 saturated carbocycles. The van der Waals surface area contributed by atoms with Crippen LogP contribution in [0.25, 0.3) is 10.2 Å². The van der Waals surface area contributed by atoms with E-state index in [4.69, 9.17) is 0 Å². The van der Waals surface area contributed by atoms with E-state index in [2.05, 4.69) is 17.2 Å². The van der Waals surface area contributed by atoms with Crippen LogP contribution in [0.2, 0.25) is 0 Å². The van der Waals surface area contributed by atoms with Gasteiger partial charge in [-0.15, -0.1) is 11.3 Å². The SMILES string of the molecule is Cc1sc2ncn(CCC(=O)NC(C)C34CC5CC(CC(C5)C3)C4)c(=O)c2c1C. The predicted molar refractivity (Wildman–Crippen MR) is 116 cm³/mol. The van der Waals surface area contributed by atoms with E-state index in [-0.39, 0.29) is 17.5 Å². The maximum Gasteiger partial charge on any atom is 0.262 e. The molecule has 4 bridgehead atoms. The van der Waals surface area contributed by atoms with Gasteiger partial charge in [0, 0.05) is 23.9 Å². The van der Waals surface area contributed by atoms with Crippen molar-refractivity contribution in [3.63, 3.8) is 0 Å². The van der Waals surface area contributed by atoms with Gasteiger partial charge in [-0.05, 0) is 88.0 Å². The summed E-state index contributed by atoms with van der Waals surface area (Å²) in [6.45, 7) is 6.59. The molecule has 6 heteroatoms. The molecule has 156 valence electrons. The van der Waals surface area contributed by atoms with Crippen molar-refractivity contribution in [2.45, 2.75) is 78.3 Å². The summed E-state index contributed by atoms with van der Waals surface area (Å²) in [5, 5.41) is 4.01. The van der Waals surface area contributed by atoms with Crippen LogP contribution in [0.3, 0.4) is 0 Å². The summed E-state index contributed by atoms with van der Waals surface area (Å²) in [6.07, 6.45) is 10.0. The maximum absolute atomic E-state index is 12.8. The molecule has 2 aromatic rings. The number of carbonyl (C=O) groups is 1. The second-order valence-electron chi connectivity index (χ2n) is 10.0. The second kappa shape index (κ2) is 6.93. The van der Waals surface area contributed by atoms with E-state index in [9.17, 15) is 9.59 Å². The Morgan fingerprint density at radius 1 is 1.24 bits per heavy atom. The largest absolute Gasteiger partial charge is 0.353 e. The zero-order valence-corrected chi connectivity index (χ0v) is 18.5. The van der Waals surface area contributed by atoms with E-state index >= 15 is 0 Å². The van der Waals surface area contributed by atoms with Crippen LogP contribution in [0.1, 0.15) is 62.3 Å². The molecule has 1 amide bonds. The Balaban J connectivity index is 1.25. The highest BCUT2D eigenvalue weighted by Crippen LogP contribution is 2.61. The van der Waals surface area contributed by atoms with Crippen LogP contribution in [0.15, 0.2) is 11.1 Å². The molecule has 6 rings (SSSR count). The molecule has 0 spiro atoms. The van der Waals surface area contributed by atoms with E-state index in [1.54, 1.807) is 22.2 Å². The molecule has 2 heterocycles. The smallest absolute Gasteiger partial charge is 0.262 e. The van der Waals surface area contributed by atoms with Crippen LogP contribution < -0.4 is 10.9 Å². The molecule has 1 atom stereocenters. The van der Waals surface area contributed by atoms with Crippen LogP contribution in [0.4, 0.5) is 0 Å². The van der Waals surface area contributed by atoms with E-state index < -0.39 is 0 Å². The lowest BCUT2D eigenvalue weighted by Gasteiger charge is -2.59. The minimum atomic E-state index is -0.0289. The lowest BCUT2D eigenvalue weighted by molar-refractivity contribution is -0.126. The summed E-state index contributed by atoms with van der Waals surface area (Å²) < 4.78 is 1.59. The molecule has 2 aromatic heterocycles. The molecular weight excluding hydrogens is 382 g/mol. The zero-order chi connectivity index (χ0) is 20.3. The number of aryl methyl sites for hydroxylation is 3. The zero-order valence-electron chi connectivity index (χ0n) is 17.7. The molecule has 1 unspecified atom stereocenters. The average Bonchev–Trinajstić information content (AvgIpc) is 2.95. The molecule has 4 aliphatic rings. The number of hydrogen-bond acceptors (Lipinski definition) is 4. The number of aromatic nitrogens is 2. The van der Waals surface area contributed by atoms with E-state index in [1.165, 1.54) is 38.5 Å².